The second-order valence-corrected chi connectivity index (χ2v) is 13.3. The molecule has 0 radical (unpaired) electrons. The van der Waals surface area contributed by atoms with Crippen LogP contribution in [0.15, 0.2) is 24.4 Å². The molecule has 2 fully saturated rings. The Labute approximate surface area is 254 Å². The highest BCUT2D eigenvalue weighted by Crippen LogP contribution is 2.34. The van der Waals surface area contributed by atoms with Gasteiger partial charge in [-0.1, -0.05) is 53.4 Å². The highest BCUT2D eigenvalue weighted by molar-refractivity contribution is 5.82. The lowest BCUT2D eigenvalue weighted by molar-refractivity contribution is -0.0712. The van der Waals surface area contributed by atoms with Crippen molar-refractivity contribution >= 4 is 16.7 Å². The molecular weight excluding hydrogens is 520 g/mol. The predicted octanol–water partition coefficient (Wildman–Crippen LogP) is 7.47. The van der Waals surface area contributed by atoms with Crippen LogP contribution in [0.5, 0.6) is 0 Å². The van der Waals surface area contributed by atoms with E-state index in [1.165, 1.54) is 67.9 Å². The van der Waals surface area contributed by atoms with Gasteiger partial charge in [0, 0.05) is 24.5 Å². The molecule has 0 saturated carbocycles. The molecule has 4 heterocycles. The van der Waals surface area contributed by atoms with Gasteiger partial charge in [0.15, 0.2) is 5.82 Å². The van der Waals surface area contributed by atoms with Crippen molar-refractivity contribution in [3.8, 4) is 5.82 Å². The summed E-state index contributed by atoms with van der Waals surface area (Å²) in [6.45, 7) is 19.8. The van der Waals surface area contributed by atoms with Gasteiger partial charge >= 0.3 is 0 Å². The first-order valence-corrected chi connectivity index (χ1v) is 16.8. The Morgan fingerprint density at radius 3 is 2.43 bits per heavy atom. The summed E-state index contributed by atoms with van der Waals surface area (Å²) in [6.07, 6.45) is 11.9. The number of unbranched alkanes of at least 4 members (excludes halogenated alkanes) is 2. The maximum Gasteiger partial charge on any atom is 0.159 e. The Hall–Kier alpha value is -2.51. The molecule has 7 heteroatoms. The van der Waals surface area contributed by atoms with Gasteiger partial charge in [-0.3, -0.25) is 4.90 Å². The molecule has 0 aliphatic carbocycles. The maximum atomic E-state index is 5.45. The average Bonchev–Trinajstić information content (AvgIpc) is 3.37. The van der Waals surface area contributed by atoms with Crippen molar-refractivity contribution in [3.05, 3.63) is 41.3 Å². The number of benzene rings is 1. The Bertz CT molecular complexity index is 1290. The van der Waals surface area contributed by atoms with Crippen LogP contribution >= 0.6 is 0 Å². The van der Waals surface area contributed by atoms with Crippen molar-refractivity contribution in [2.24, 2.45) is 11.8 Å². The van der Waals surface area contributed by atoms with Crippen molar-refractivity contribution < 1.29 is 4.74 Å². The van der Waals surface area contributed by atoms with Gasteiger partial charge < -0.3 is 9.64 Å². The first-order chi connectivity index (χ1) is 20.4. The lowest BCUT2D eigenvalue weighted by Gasteiger charge is -2.41. The standard InChI is InChI=1S/C35H54N6O/c1-7-9-10-15-40(22-26(4)12-11-25(3)8-2)34-20-35(38-28(6)37-34)41-33-19-32(27(5)18-30(33)21-36-41)29-13-16-39(17-14-29)31-23-42-24-31/h18-21,25-26,29,31H,7-17,22-24H2,1-6H3. The van der Waals surface area contributed by atoms with Crippen LogP contribution in [-0.2, 0) is 4.74 Å². The molecule has 5 rings (SSSR count). The van der Waals surface area contributed by atoms with Crippen LogP contribution < -0.4 is 4.90 Å². The van der Waals surface area contributed by atoms with Crippen LogP contribution in [0.4, 0.5) is 5.82 Å². The van der Waals surface area contributed by atoms with Gasteiger partial charge in [-0.25, -0.2) is 14.6 Å². The zero-order chi connectivity index (χ0) is 29.6. The van der Waals surface area contributed by atoms with E-state index >= 15 is 0 Å². The van der Waals surface area contributed by atoms with Crippen molar-refractivity contribution in [1.82, 2.24) is 24.6 Å². The average molecular weight is 575 g/mol. The van der Waals surface area contributed by atoms with E-state index < -0.39 is 0 Å². The monoisotopic (exact) mass is 574 g/mol. The lowest BCUT2D eigenvalue weighted by atomic mass is 9.85. The van der Waals surface area contributed by atoms with Crippen molar-refractivity contribution in [1.29, 1.82) is 0 Å². The van der Waals surface area contributed by atoms with E-state index in [2.05, 4.69) is 62.6 Å². The van der Waals surface area contributed by atoms with Crippen LogP contribution in [0, 0.1) is 25.7 Å². The van der Waals surface area contributed by atoms with E-state index in [-0.39, 0.29) is 0 Å². The van der Waals surface area contributed by atoms with Gasteiger partial charge in [-0.2, -0.15) is 5.10 Å². The summed E-state index contributed by atoms with van der Waals surface area (Å²) in [4.78, 5) is 15.0. The number of anilines is 1. The number of hydrogen-bond acceptors (Lipinski definition) is 6. The molecule has 2 aliphatic heterocycles. The third-order valence-electron chi connectivity index (χ3n) is 9.83. The fraction of sp³-hybridized carbons (Fsp3) is 0.686. The minimum absolute atomic E-state index is 0.587. The predicted molar refractivity (Wildman–Crippen MR) is 174 cm³/mol. The highest BCUT2D eigenvalue weighted by Gasteiger charge is 2.30. The third kappa shape index (κ3) is 7.34. The summed E-state index contributed by atoms with van der Waals surface area (Å²) in [7, 11) is 0. The smallest absolute Gasteiger partial charge is 0.159 e. The van der Waals surface area contributed by atoms with Crippen molar-refractivity contribution in [2.75, 3.05) is 44.3 Å². The second-order valence-electron chi connectivity index (χ2n) is 13.3. The zero-order valence-corrected chi connectivity index (χ0v) is 27.1. The first kappa shape index (κ1) is 30.9. The lowest BCUT2D eigenvalue weighted by Crippen LogP contribution is -2.51. The van der Waals surface area contributed by atoms with E-state index in [4.69, 9.17) is 19.8 Å². The van der Waals surface area contributed by atoms with Gasteiger partial charge in [0.1, 0.15) is 11.6 Å². The number of ether oxygens (including phenoxy) is 1. The molecule has 2 atom stereocenters. The van der Waals surface area contributed by atoms with Crippen LogP contribution in [0.3, 0.4) is 0 Å². The third-order valence-corrected chi connectivity index (χ3v) is 9.83. The summed E-state index contributed by atoms with van der Waals surface area (Å²) in [5, 5.41) is 6.05. The van der Waals surface area contributed by atoms with Crippen molar-refractivity contribution in [2.45, 2.75) is 105 Å². The van der Waals surface area contributed by atoms with Crippen LogP contribution in [-0.4, -0.2) is 70.1 Å². The van der Waals surface area contributed by atoms with E-state index in [1.54, 1.807) is 0 Å². The van der Waals surface area contributed by atoms with E-state index in [0.717, 1.165) is 68.3 Å². The molecule has 2 aliphatic rings. The fourth-order valence-electron chi connectivity index (χ4n) is 6.74. The summed E-state index contributed by atoms with van der Waals surface area (Å²) >= 11 is 0. The largest absolute Gasteiger partial charge is 0.378 e. The van der Waals surface area contributed by atoms with Gasteiger partial charge in [-0.05, 0) is 93.6 Å². The summed E-state index contributed by atoms with van der Waals surface area (Å²) in [5.41, 5.74) is 3.99. The van der Waals surface area contributed by atoms with Gasteiger partial charge in [-0.15, -0.1) is 0 Å². The van der Waals surface area contributed by atoms with E-state index in [9.17, 15) is 0 Å². The fourth-order valence-corrected chi connectivity index (χ4v) is 6.74. The number of aryl methyl sites for hydroxylation is 2. The number of hydrogen-bond donors (Lipinski definition) is 0. The Morgan fingerprint density at radius 1 is 0.976 bits per heavy atom. The number of piperidine rings is 1. The number of fused-ring (bicyclic) bond motifs is 1. The molecule has 0 amide bonds. The number of rotatable bonds is 14. The first-order valence-electron chi connectivity index (χ1n) is 16.8. The molecule has 0 N–H and O–H groups in total. The molecule has 2 unspecified atom stereocenters. The Balaban J connectivity index is 1.39. The molecule has 230 valence electrons. The van der Waals surface area contributed by atoms with E-state index in [1.807, 2.05) is 17.8 Å². The second kappa shape index (κ2) is 14.3. The van der Waals surface area contributed by atoms with Gasteiger partial charge in [0.25, 0.3) is 0 Å². The molecule has 1 aromatic carbocycles. The molecule has 2 aromatic heterocycles. The summed E-state index contributed by atoms with van der Waals surface area (Å²) in [6, 6.07) is 7.53. The van der Waals surface area contributed by atoms with E-state index in [0.29, 0.717) is 17.9 Å². The number of nitrogens with zero attached hydrogens (tertiary/aromatic N) is 6. The quantitative estimate of drug-likeness (QED) is 0.186. The maximum absolute atomic E-state index is 5.45. The molecule has 42 heavy (non-hydrogen) atoms. The molecule has 0 bridgehead atoms. The topological polar surface area (TPSA) is 59.3 Å². The minimum Gasteiger partial charge on any atom is -0.378 e. The zero-order valence-electron chi connectivity index (χ0n) is 27.1. The summed E-state index contributed by atoms with van der Waals surface area (Å²) in [5.74, 6) is 4.71. The summed E-state index contributed by atoms with van der Waals surface area (Å²) < 4.78 is 7.50. The molecule has 7 nitrogen and oxygen atoms in total. The van der Waals surface area contributed by atoms with Crippen molar-refractivity contribution in [3.63, 3.8) is 0 Å². The van der Waals surface area contributed by atoms with Gasteiger partial charge in [0.2, 0.25) is 0 Å². The normalized spacial score (nSPS) is 18.3. The molecule has 0 spiro atoms. The number of likely N-dealkylation sites (tertiary alicyclic amines) is 1. The highest BCUT2D eigenvalue weighted by atomic mass is 16.5. The SMILES string of the molecule is CCCCCN(CC(C)CCC(C)CC)c1cc(-n2ncc3cc(C)c(C4CCN(C5COC5)CC4)cc32)nc(C)n1. The van der Waals surface area contributed by atoms with Crippen LogP contribution in [0.1, 0.15) is 102 Å². The van der Waals surface area contributed by atoms with Crippen LogP contribution in [0.25, 0.3) is 16.7 Å². The molecule has 3 aromatic rings. The van der Waals surface area contributed by atoms with Crippen LogP contribution in [0.2, 0.25) is 0 Å². The Morgan fingerprint density at radius 2 is 1.74 bits per heavy atom. The Kier molecular flexibility index (Phi) is 10.5. The molecule has 2 saturated heterocycles. The minimum atomic E-state index is 0.587. The molecular formula is C35H54N6O. The number of aromatic nitrogens is 4. The van der Waals surface area contributed by atoms with Gasteiger partial charge in [0.05, 0.1) is 31.0 Å².